The number of phenols is 1. The smallest absolute Gasteiger partial charge is 0.248 e. The summed E-state index contributed by atoms with van der Waals surface area (Å²) in [6.07, 6.45) is 0. The lowest BCUT2D eigenvalue weighted by molar-refractivity contribution is -0.115. The lowest BCUT2D eigenvalue weighted by Gasteiger charge is -2.26. The number of hydrogen-bond donors (Lipinski definition) is 3. The first kappa shape index (κ1) is 12.2. The zero-order valence-electron chi connectivity index (χ0n) is 10.6. The van der Waals surface area contributed by atoms with Crippen molar-refractivity contribution >= 4 is 11.9 Å². The van der Waals surface area contributed by atoms with Gasteiger partial charge in [0.1, 0.15) is 11.8 Å². The van der Waals surface area contributed by atoms with Gasteiger partial charge in [-0.15, -0.1) is 0 Å². The third kappa shape index (κ3) is 1.78. The Balaban J connectivity index is 2.19. The maximum atomic E-state index is 11.7. The topological polar surface area (TPSA) is 119 Å². The van der Waals surface area contributed by atoms with E-state index < -0.39 is 11.9 Å². The Bertz CT molecular complexity index is 703. The Kier molecular flexibility index (Phi) is 2.63. The summed E-state index contributed by atoms with van der Waals surface area (Å²) in [5.74, 6) is 0.0285. The van der Waals surface area contributed by atoms with Crippen molar-refractivity contribution in [1.29, 1.82) is 0 Å². The van der Waals surface area contributed by atoms with Gasteiger partial charge in [0.25, 0.3) is 0 Å². The zero-order chi connectivity index (χ0) is 14.3. The van der Waals surface area contributed by atoms with Gasteiger partial charge < -0.3 is 16.2 Å². The van der Waals surface area contributed by atoms with Crippen LogP contribution in [0.15, 0.2) is 35.5 Å². The van der Waals surface area contributed by atoms with E-state index in [0.717, 1.165) is 5.56 Å². The number of aromatic hydroxyl groups is 1. The van der Waals surface area contributed by atoms with Crippen molar-refractivity contribution in [1.82, 2.24) is 20.2 Å². The van der Waals surface area contributed by atoms with Gasteiger partial charge in [-0.1, -0.05) is 17.2 Å². The van der Waals surface area contributed by atoms with Crippen LogP contribution in [-0.4, -0.2) is 31.2 Å². The number of amides is 1. The molecule has 1 aromatic heterocycles. The van der Waals surface area contributed by atoms with Crippen LogP contribution in [0.3, 0.4) is 0 Å². The molecule has 1 unspecified atom stereocenters. The van der Waals surface area contributed by atoms with Gasteiger partial charge in [-0.3, -0.25) is 4.79 Å². The number of hydrogen-bond acceptors (Lipinski definition) is 6. The Labute approximate surface area is 113 Å². The number of nitrogens with two attached hydrogens (primary N) is 1. The average molecular weight is 272 g/mol. The summed E-state index contributed by atoms with van der Waals surface area (Å²) in [7, 11) is 0. The minimum Gasteiger partial charge on any atom is -0.508 e. The molecule has 0 saturated heterocycles. The monoisotopic (exact) mass is 272 g/mol. The molecule has 0 spiro atoms. The number of primary amides is 1. The number of allylic oxidation sites excluding steroid dienone is 1. The van der Waals surface area contributed by atoms with Crippen molar-refractivity contribution in [3.8, 4) is 5.75 Å². The summed E-state index contributed by atoms with van der Waals surface area (Å²) in [5.41, 5.74) is 7.22. The second-order valence-electron chi connectivity index (χ2n) is 4.47. The number of fused-ring (bicyclic) bond motifs is 1. The van der Waals surface area contributed by atoms with E-state index in [9.17, 15) is 9.90 Å². The fourth-order valence-electron chi connectivity index (χ4n) is 2.30. The van der Waals surface area contributed by atoms with E-state index in [2.05, 4.69) is 20.8 Å². The van der Waals surface area contributed by atoms with Gasteiger partial charge in [0.2, 0.25) is 11.9 Å². The minimum atomic E-state index is -0.547. The van der Waals surface area contributed by atoms with E-state index in [-0.39, 0.29) is 5.75 Å². The molecule has 1 aromatic carbocycles. The number of aromatic nitrogens is 4. The summed E-state index contributed by atoms with van der Waals surface area (Å²) < 4.78 is 1.49. The molecule has 1 atom stereocenters. The first-order valence-electron chi connectivity index (χ1n) is 5.92. The highest BCUT2D eigenvalue weighted by atomic mass is 16.3. The summed E-state index contributed by atoms with van der Waals surface area (Å²) >= 11 is 0. The largest absolute Gasteiger partial charge is 0.508 e. The minimum absolute atomic E-state index is 0.140. The average Bonchev–Trinajstić information content (AvgIpc) is 2.85. The van der Waals surface area contributed by atoms with Crippen molar-refractivity contribution in [2.24, 2.45) is 5.73 Å². The van der Waals surface area contributed by atoms with Crippen LogP contribution in [0.4, 0.5) is 5.95 Å². The van der Waals surface area contributed by atoms with E-state index in [1.54, 1.807) is 19.1 Å². The van der Waals surface area contributed by atoms with Gasteiger partial charge in [-0.05, 0) is 35.0 Å². The first-order chi connectivity index (χ1) is 9.58. The molecule has 102 valence electrons. The first-order valence-corrected chi connectivity index (χ1v) is 5.92. The predicted molar refractivity (Wildman–Crippen MR) is 69.6 cm³/mol. The second-order valence-corrected chi connectivity index (χ2v) is 4.47. The molecule has 0 aliphatic carbocycles. The number of rotatable bonds is 2. The Hall–Kier alpha value is -2.90. The Morgan fingerprint density at radius 3 is 2.75 bits per heavy atom. The van der Waals surface area contributed by atoms with E-state index in [4.69, 9.17) is 5.73 Å². The zero-order valence-corrected chi connectivity index (χ0v) is 10.6. The van der Waals surface area contributed by atoms with Crippen molar-refractivity contribution < 1.29 is 9.90 Å². The Morgan fingerprint density at radius 2 is 2.10 bits per heavy atom. The quantitative estimate of drug-likeness (QED) is 0.716. The number of carbonyl (C=O) groups excluding carboxylic acids is 1. The van der Waals surface area contributed by atoms with Gasteiger partial charge in [-0.25, -0.2) is 0 Å². The fourth-order valence-corrected chi connectivity index (χ4v) is 2.30. The summed E-state index contributed by atoms with van der Waals surface area (Å²) in [4.78, 5) is 11.7. The number of benzene rings is 1. The van der Waals surface area contributed by atoms with Crippen molar-refractivity contribution in [2.75, 3.05) is 5.32 Å². The fraction of sp³-hybridized carbons (Fsp3) is 0.167. The number of nitrogens with one attached hydrogen (secondary N) is 1. The number of carbonyl (C=O) groups is 1. The van der Waals surface area contributed by atoms with Gasteiger partial charge in [-0.2, -0.15) is 4.68 Å². The standard InChI is InChI=1S/C12H12N6O2/c1-6-9(11(13)20)10(7-2-4-8(19)5-3-7)18-12(14-6)15-16-17-18/h2-5,10,19H,1H3,(H2,13,20)(H,14,15,17). The molecule has 8 heteroatoms. The van der Waals surface area contributed by atoms with Crippen LogP contribution in [0.2, 0.25) is 0 Å². The molecule has 8 nitrogen and oxygen atoms in total. The van der Waals surface area contributed by atoms with Crippen LogP contribution in [0.25, 0.3) is 0 Å². The normalized spacial score (nSPS) is 17.6. The molecule has 0 radical (unpaired) electrons. The van der Waals surface area contributed by atoms with Gasteiger partial charge in [0.05, 0.1) is 5.57 Å². The van der Waals surface area contributed by atoms with E-state index in [0.29, 0.717) is 17.2 Å². The highest BCUT2D eigenvalue weighted by Gasteiger charge is 2.32. The maximum Gasteiger partial charge on any atom is 0.248 e. The molecule has 1 aliphatic rings. The molecule has 0 saturated carbocycles. The van der Waals surface area contributed by atoms with E-state index >= 15 is 0 Å². The molecule has 1 amide bonds. The van der Waals surface area contributed by atoms with Crippen molar-refractivity contribution in [3.63, 3.8) is 0 Å². The third-order valence-corrected chi connectivity index (χ3v) is 3.19. The molecule has 3 rings (SSSR count). The molecule has 4 N–H and O–H groups in total. The number of tetrazole rings is 1. The van der Waals surface area contributed by atoms with Crippen LogP contribution in [0.1, 0.15) is 18.5 Å². The lowest BCUT2D eigenvalue weighted by atomic mass is 9.95. The highest BCUT2D eigenvalue weighted by molar-refractivity contribution is 5.95. The van der Waals surface area contributed by atoms with Crippen LogP contribution in [0, 0.1) is 0 Å². The van der Waals surface area contributed by atoms with Crippen LogP contribution in [0.5, 0.6) is 5.75 Å². The highest BCUT2D eigenvalue weighted by Crippen LogP contribution is 2.34. The van der Waals surface area contributed by atoms with E-state index in [1.165, 1.54) is 16.8 Å². The van der Waals surface area contributed by atoms with Crippen LogP contribution >= 0.6 is 0 Å². The molecule has 0 bridgehead atoms. The maximum absolute atomic E-state index is 11.7. The molecular weight excluding hydrogens is 260 g/mol. The van der Waals surface area contributed by atoms with E-state index in [1.807, 2.05) is 0 Å². The molecule has 0 fully saturated rings. The van der Waals surface area contributed by atoms with Gasteiger partial charge in [0, 0.05) is 5.70 Å². The SMILES string of the molecule is CC1=C(C(N)=O)C(c2ccc(O)cc2)n2nnnc2N1. The summed E-state index contributed by atoms with van der Waals surface area (Å²) in [6.45, 7) is 1.74. The summed E-state index contributed by atoms with van der Waals surface area (Å²) in [5, 5.41) is 23.7. The van der Waals surface area contributed by atoms with Gasteiger partial charge >= 0.3 is 0 Å². The van der Waals surface area contributed by atoms with Crippen molar-refractivity contribution in [2.45, 2.75) is 13.0 Å². The van der Waals surface area contributed by atoms with Crippen molar-refractivity contribution in [3.05, 3.63) is 41.1 Å². The molecule has 20 heavy (non-hydrogen) atoms. The van der Waals surface area contributed by atoms with Crippen LogP contribution in [-0.2, 0) is 4.79 Å². The second kappa shape index (κ2) is 4.34. The van der Waals surface area contributed by atoms with Gasteiger partial charge in [0.15, 0.2) is 0 Å². The lowest BCUT2D eigenvalue weighted by Crippen LogP contribution is -2.31. The molecule has 1 aliphatic heterocycles. The number of phenolic OH excluding ortho intramolecular Hbond substituents is 1. The molecule has 2 aromatic rings. The Morgan fingerprint density at radius 1 is 1.40 bits per heavy atom. The predicted octanol–water partition coefficient (Wildman–Crippen LogP) is 0.153. The number of anilines is 1. The van der Waals surface area contributed by atoms with Crippen LogP contribution < -0.4 is 11.1 Å². The molecule has 2 heterocycles. The summed E-state index contributed by atoms with van der Waals surface area (Å²) in [6, 6.07) is 5.96. The third-order valence-electron chi connectivity index (χ3n) is 3.19. The number of nitrogens with zero attached hydrogens (tertiary/aromatic N) is 4. The molecular formula is C12H12N6O2.